The zero-order valence-electron chi connectivity index (χ0n) is 15.1. The van der Waals surface area contributed by atoms with Crippen molar-refractivity contribution in [3.05, 3.63) is 59.6 Å². The summed E-state index contributed by atoms with van der Waals surface area (Å²) in [5.74, 6) is 1.17. The summed E-state index contributed by atoms with van der Waals surface area (Å²) in [6.45, 7) is 6.10. The fourth-order valence-electron chi connectivity index (χ4n) is 3.84. The van der Waals surface area contributed by atoms with E-state index in [0.717, 1.165) is 29.3 Å². The number of nitrogens with zero attached hydrogens (tertiary/aromatic N) is 3. The Bertz CT molecular complexity index is 875. The SMILES string of the molecule is CC1CC(C)CN(C(=O)c2cn(-c3ccccc3)nc2-c2cccs2)C1. The van der Waals surface area contributed by atoms with E-state index in [-0.39, 0.29) is 5.91 Å². The van der Waals surface area contributed by atoms with E-state index < -0.39 is 0 Å². The Labute approximate surface area is 158 Å². The lowest BCUT2D eigenvalue weighted by atomic mass is 9.91. The van der Waals surface area contributed by atoms with Gasteiger partial charge in [-0.2, -0.15) is 5.10 Å². The summed E-state index contributed by atoms with van der Waals surface area (Å²) in [6.07, 6.45) is 3.07. The average molecular weight is 366 g/mol. The topological polar surface area (TPSA) is 38.1 Å². The van der Waals surface area contributed by atoms with Crippen molar-refractivity contribution in [2.45, 2.75) is 20.3 Å². The Hall–Kier alpha value is -2.40. The lowest BCUT2D eigenvalue weighted by Gasteiger charge is -2.34. The van der Waals surface area contributed by atoms with Crippen molar-refractivity contribution in [1.29, 1.82) is 0 Å². The molecule has 0 spiro atoms. The normalized spacial score (nSPS) is 20.3. The molecule has 3 aromatic rings. The Morgan fingerprint density at radius 1 is 1.08 bits per heavy atom. The molecule has 3 heterocycles. The summed E-state index contributed by atoms with van der Waals surface area (Å²) in [5.41, 5.74) is 2.43. The van der Waals surface area contributed by atoms with Crippen molar-refractivity contribution in [3.8, 4) is 16.3 Å². The summed E-state index contributed by atoms with van der Waals surface area (Å²) in [6, 6.07) is 14.0. The van der Waals surface area contributed by atoms with Gasteiger partial charge in [-0.3, -0.25) is 4.79 Å². The maximum Gasteiger partial charge on any atom is 0.257 e. The number of rotatable bonds is 3. The molecule has 2 unspecified atom stereocenters. The van der Waals surface area contributed by atoms with Crippen LogP contribution in [0.25, 0.3) is 16.3 Å². The van der Waals surface area contributed by atoms with Crippen molar-refractivity contribution < 1.29 is 4.79 Å². The molecule has 5 heteroatoms. The van der Waals surface area contributed by atoms with Gasteiger partial charge in [0.1, 0.15) is 5.69 Å². The number of carbonyl (C=O) groups is 1. The van der Waals surface area contributed by atoms with Crippen LogP contribution in [0.4, 0.5) is 0 Å². The van der Waals surface area contributed by atoms with Crippen molar-refractivity contribution in [1.82, 2.24) is 14.7 Å². The second-order valence-electron chi connectivity index (χ2n) is 7.30. The van der Waals surface area contributed by atoms with E-state index in [1.165, 1.54) is 6.42 Å². The first-order valence-corrected chi connectivity index (χ1v) is 9.98. The summed E-state index contributed by atoms with van der Waals surface area (Å²) in [5, 5.41) is 6.78. The van der Waals surface area contributed by atoms with E-state index in [1.807, 2.05) is 63.6 Å². The molecule has 0 bridgehead atoms. The Kier molecular flexibility index (Phi) is 4.64. The fourth-order valence-corrected chi connectivity index (χ4v) is 4.56. The molecule has 1 aliphatic heterocycles. The van der Waals surface area contributed by atoms with E-state index in [0.29, 0.717) is 17.4 Å². The van der Waals surface area contributed by atoms with Crippen LogP contribution in [0.5, 0.6) is 0 Å². The zero-order chi connectivity index (χ0) is 18.1. The van der Waals surface area contributed by atoms with Crippen LogP contribution in [0.3, 0.4) is 0 Å². The molecule has 1 fully saturated rings. The highest BCUT2D eigenvalue weighted by Crippen LogP contribution is 2.30. The summed E-state index contributed by atoms with van der Waals surface area (Å²) < 4.78 is 1.82. The highest BCUT2D eigenvalue weighted by atomic mass is 32.1. The molecule has 1 amide bonds. The zero-order valence-corrected chi connectivity index (χ0v) is 15.9. The monoisotopic (exact) mass is 365 g/mol. The number of para-hydroxylation sites is 1. The average Bonchev–Trinajstić information content (AvgIpc) is 3.30. The molecule has 4 rings (SSSR count). The van der Waals surface area contributed by atoms with Gasteiger partial charge in [0, 0.05) is 19.3 Å². The van der Waals surface area contributed by atoms with E-state index in [4.69, 9.17) is 5.10 Å². The summed E-state index contributed by atoms with van der Waals surface area (Å²) >= 11 is 1.62. The third kappa shape index (κ3) is 3.31. The minimum absolute atomic E-state index is 0.0916. The molecule has 26 heavy (non-hydrogen) atoms. The van der Waals surface area contributed by atoms with Gasteiger partial charge >= 0.3 is 0 Å². The van der Waals surface area contributed by atoms with Gasteiger partial charge in [0.15, 0.2) is 0 Å². The van der Waals surface area contributed by atoms with E-state index in [1.54, 1.807) is 11.3 Å². The number of piperidine rings is 1. The number of hydrogen-bond acceptors (Lipinski definition) is 3. The third-order valence-corrected chi connectivity index (χ3v) is 5.75. The molecule has 1 aliphatic rings. The van der Waals surface area contributed by atoms with Gasteiger partial charge in [-0.25, -0.2) is 4.68 Å². The predicted octanol–water partition coefficient (Wildman–Crippen LogP) is 4.72. The molecular weight excluding hydrogens is 342 g/mol. The molecule has 4 nitrogen and oxygen atoms in total. The first kappa shape index (κ1) is 17.0. The lowest BCUT2D eigenvalue weighted by molar-refractivity contribution is 0.0624. The first-order chi connectivity index (χ1) is 12.6. The maximum absolute atomic E-state index is 13.3. The molecule has 0 N–H and O–H groups in total. The van der Waals surface area contributed by atoms with Crippen LogP contribution in [-0.4, -0.2) is 33.7 Å². The predicted molar refractivity (Wildman–Crippen MR) is 106 cm³/mol. The standard InChI is InChI=1S/C21H23N3OS/c1-15-11-16(2)13-23(12-15)21(25)18-14-24(17-7-4-3-5-8-17)22-20(18)19-9-6-10-26-19/h3-10,14-16H,11-13H2,1-2H3. The quantitative estimate of drug-likeness (QED) is 0.674. The Morgan fingerprint density at radius 3 is 2.46 bits per heavy atom. The fraction of sp³-hybridized carbons (Fsp3) is 0.333. The van der Waals surface area contributed by atoms with Crippen LogP contribution in [0, 0.1) is 11.8 Å². The van der Waals surface area contributed by atoms with Crippen LogP contribution in [0.1, 0.15) is 30.6 Å². The third-order valence-electron chi connectivity index (χ3n) is 4.88. The van der Waals surface area contributed by atoms with Crippen LogP contribution in [-0.2, 0) is 0 Å². The van der Waals surface area contributed by atoms with Crippen molar-refractivity contribution in [2.24, 2.45) is 11.8 Å². The largest absolute Gasteiger partial charge is 0.338 e. The van der Waals surface area contributed by atoms with Crippen LogP contribution in [0.15, 0.2) is 54.0 Å². The molecule has 1 saturated heterocycles. The smallest absolute Gasteiger partial charge is 0.257 e. The molecule has 1 aromatic carbocycles. The van der Waals surface area contributed by atoms with Gasteiger partial charge < -0.3 is 4.90 Å². The number of amides is 1. The molecular formula is C21H23N3OS. The number of benzene rings is 1. The number of thiophene rings is 1. The minimum atomic E-state index is 0.0916. The van der Waals surface area contributed by atoms with Gasteiger partial charge in [-0.1, -0.05) is 38.1 Å². The van der Waals surface area contributed by atoms with Crippen LogP contribution in [0.2, 0.25) is 0 Å². The molecule has 0 radical (unpaired) electrons. The molecule has 2 aromatic heterocycles. The van der Waals surface area contributed by atoms with Crippen LogP contribution < -0.4 is 0 Å². The number of likely N-dealkylation sites (tertiary alicyclic amines) is 1. The molecule has 0 aliphatic carbocycles. The summed E-state index contributed by atoms with van der Waals surface area (Å²) in [4.78, 5) is 16.4. The van der Waals surface area contributed by atoms with Gasteiger partial charge in [-0.15, -0.1) is 11.3 Å². The highest BCUT2D eigenvalue weighted by molar-refractivity contribution is 7.13. The lowest BCUT2D eigenvalue weighted by Crippen LogP contribution is -2.42. The van der Waals surface area contributed by atoms with E-state index in [9.17, 15) is 4.79 Å². The second kappa shape index (κ2) is 7.08. The van der Waals surface area contributed by atoms with Gasteiger partial charge in [0.2, 0.25) is 0 Å². The molecule has 2 atom stereocenters. The van der Waals surface area contributed by atoms with Gasteiger partial charge in [-0.05, 0) is 41.8 Å². The van der Waals surface area contributed by atoms with E-state index in [2.05, 4.69) is 13.8 Å². The Balaban J connectivity index is 1.74. The first-order valence-electron chi connectivity index (χ1n) is 9.10. The van der Waals surface area contributed by atoms with Gasteiger partial charge in [0.25, 0.3) is 5.91 Å². The van der Waals surface area contributed by atoms with Gasteiger partial charge in [0.05, 0.1) is 16.1 Å². The Morgan fingerprint density at radius 2 is 1.81 bits per heavy atom. The highest BCUT2D eigenvalue weighted by Gasteiger charge is 2.29. The van der Waals surface area contributed by atoms with Crippen molar-refractivity contribution >= 4 is 17.2 Å². The number of hydrogen-bond donors (Lipinski definition) is 0. The van der Waals surface area contributed by atoms with Crippen molar-refractivity contribution in [2.75, 3.05) is 13.1 Å². The van der Waals surface area contributed by atoms with Crippen molar-refractivity contribution in [3.63, 3.8) is 0 Å². The van der Waals surface area contributed by atoms with Crippen LogP contribution >= 0.6 is 11.3 Å². The number of carbonyl (C=O) groups excluding carboxylic acids is 1. The maximum atomic E-state index is 13.3. The molecule has 134 valence electrons. The second-order valence-corrected chi connectivity index (χ2v) is 8.25. The summed E-state index contributed by atoms with van der Waals surface area (Å²) in [7, 11) is 0. The number of aromatic nitrogens is 2. The minimum Gasteiger partial charge on any atom is -0.338 e. The van der Waals surface area contributed by atoms with E-state index >= 15 is 0 Å². The molecule has 0 saturated carbocycles.